The van der Waals surface area contributed by atoms with E-state index >= 15 is 0 Å². The molecule has 4 saturated heterocycles. The Morgan fingerprint density at radius 3 is 2.80 bits per heavy atom. The standard InChI is InChI=1S/C14H16O5P/c1-15-8-3-4-9(10(5-8)16-2)14-7-13-17-11(18-14)6-12(19-14)20-13/h3-5,11-13H,6-7H2,1-2H3. The van der Waals surface area contributed by atoms with Crippen LogP contribution in [0.1, 0.15) is 18.4 Å². The molecule has 4 aliphatic rings. The molecule has 4 atom stereocenters. The summed E-state index contributed by atoms with van der Waals surface area (Å²) in [6.45, 7) is 0. The molecule has 6 heteroatoms. The van der Waals surface area contributed by atoms with Gasteiger partial charge in [-0.15, -0.1) is 0 Å². The summed E-state index contributed by atoms with van der Waals surface area (Å²) in [6.07, 6.45) is 1.34. The first-order chi connectivity index (χ1) is 9.72. The number of ether oxygens (including phenoxy) is 5. The molecule has 0 amide bonds. The summed E-state index contributed by atoms with van der Waals surface area (Å²) in [5.41, 5.74) is 0.915. The molecule has 4 fully saturated rings. The molecule has 0 aromatic heterocycles. The van der Waals surface area contributed by atoms with Gasteiger partial charge in [-0.05, 0) is 20.7 Å². The van der Waals surface area contributed by atoms with Crippen molar-refractivity contribution >= 4 is 8.58 Å². The Morgan fingerprint density at radius 1 is 1.20 bits per heavy atom. The van der Waals surface area contributed by atoms with Gasteiger partial charge in [-0.1, -0.05) is 0 Å². The lowest BCUT2D eigenvalue weighted by Gasteiger charge is -2.55. The van der Waals surface area contributed by atoms with Crippen LogP contribution in [0.3, 0.4) is 0 Å². The van der Waals surface area contributed by atoms with Gasteiger partial charge in [-0.3, -0.25) is 0 Å². The number of hydrogen-bond acceptors (Lipinski definition) is 5. The van der Waals surface area contributed by atoms with E-state index in [4.69, 9.17) is 23.7 Å². The normalized spacial score (nSPS) is 39.2. The molecule has 4 bridgehead atoms. The maximum Gasteiger partial charge on any atom is 0.204 e. The molecule has 0 N–H and O–H groups in total. The summed E-state index contributed by atoms with van der Waals surface area (Å²) in [7, 11) is 4.50. The predicted molar refractivity (Wildman–Crippen MR) is 72.0 cm³/mol. The molecule has 1 radical (unpaired) electrons. The molecule has 4 aliphatic heterocycles. The van der Waals surface area contributed by atoms with Crippen molar-refractivity contribution in [3.63, 3.8) is 0 Å². The summed E-state index contributed by atoms with van der Waals surface area (Å²) < 4.78 is 28.8. The minimum absolute atomic E-state index is 0.166. The third-order valence-electron chi connectivity index (χ3n) is 3.95. The number of hydrogen-bond donors (Lipinski definition) is 0. The monoisotopic (exact) mass is 295 g/mol. The van der Waals surface area contributed by atoms with Crippen LogP contribution in [0.2, 0.25) is 0 Å². The fourth-order valence-electron chi connectivity index (χ4n) is 3.07. The van der Waals surface area contributed by atoms with Gasteiger partial charge in [0, 0.05) is 18.9 Å². The summed E-state index contributed by atoms with van der Waals surface area (Å²) in [6, 6.07) is 5.72. The van der Waals surface area contributed by atoms with Gasteiger partial charge < -0.3 is 23.7 Å². The van der Waals surface area contributed by atoms with Crippen LogP contribution < -0.4 is 9.47 Å². The maximum absolute atomic E-state index is 6.18. The van der Waals surface area contributed by atoms with Crippen LogP contribution in [0.15, 0.2) is 18.2 Å². The fourth-order valence-corrected chi connectivity index (χ4v) is 4.52. The first-order valence-corrected chi connectivity index (χ1v) is 7.69. The Morgan fingerprint density at radius 2 is 2.10 bits per heavy atom. The number of benzene rings is 1. The van der Waals surface area contributed by atoms with Gasteiger partial charge in [-0.2, -0.15) is 0 Å². The van der Waals surface area contributed by atoms with E-state index in [1.807, 2.05) is 18.2 Å². The van der Waals surface area contributed by atoms with Crippen LogP contribution in [0.4, 0.5) is 0 Å². The minimum Gasteiger partial charge on any atom is -0.497 e. The highest BCUT2D eigenvalue weighted by Crippen LogP contribution is 2.58. The van der Waals surface area contributed by atoms with E-state index in [0.29, 0.717) is 6.42 Å². The predicted octanol–water partition coefficient (Wildman–Crippen LogP) is 2.65. The van der Waals surface area contributed by atoms with E-state index in [0.717, 1.165) is 23.5 Å². The molecule has 5 rings (SSSR count). The molecular weight excluding hydrogens is 279 g/mol. The third kappa shape index (κ3) is 1.85. The van der Waals surface area contributed by atoms with Crippen molar-refractivity contribution in [2.75, 3.05) is 14.2 Å². The van der Waals surface area contributed by atoms with Gasteiger partial charge in [0.05, 0.1) is 31.5 Å². The Balaban J connectivity index is 1.76. The van der Waals surface area contributed by atoms with Crippen LogP contribution in [-0.4, -0.2) is 32.2 Å². The lowest BCUT2D eigenvalue weighted by molar-refractivity contribution is -0.410. The first kappa shape index (κ1) is 12.8. The van der Waals surface area contributed by atoms with Crippen molar-refractivity contribution in [2.45, 2.75) is 36.6 Å². The summed E-state index contributed by atoms with van der Waals surface area (Å²) >= 11 is 0. The molecule has 4 heterocycles. The summed E-state index contributed by atoms with van der Waals surface area (Å²) in [5, 5.41) is 0. The molecular formula is C14H16O5P. The smallest absolute Gasteiger partial charge is 0.204 e. The van der Waals surface area contributed by atoms with E-state index in [-0.39, 0.29) is 18.0 Å². The SMILES string of the molecule is COc1ccc(C23CC4OC(CC(O2)[P]4)O3)c(OC)c1. The van der Waals surface area contributed by atoms with E-state index in [1.54, 1.807) is 14.2 Å². The second-order valence-electron chi connectivity index (χ2n) is 5.12. The van der Waals surface area contributed by atoms with Crippen LogP contribution in [0, 0.1) is 0 Å². The van der Waals surface area contributed by atoms with Gasteiger partial charge in [0.25, 0.3) is 0 Å². The third-order valence-corrected chi connectivity index (χ3v) is 5.23. The second-order valence-corrected chi connectivity index (χ2v) is 6.57. The van der Waals surface area contributed by atoms with Gasteiger partial charge in [0.1, 0.15) is 11.5 Å². The van der Waals surface area contributed by atoms with Gasteiger partial charge in [0.15, 0.2) is 6.29 Å². The second kappa shape index (κ2) is 4.57. The van der Waals surface area contributed by atoms with Crippen LogP contribution in [-0.2, 0) is 20.0 Å². The van der Waals surface area contributed by atoms with Gasteiger partial charge in [-0.25, -0.2) is 0 Å². The average molecular weight is 295 g/mol. The van der Waals surface area contributed by atoms with Crippen LogP contribution >= 0.6 is 8.58 Å². The summed E-state index contributed by atoms with van der Waals surface area (Å²) in [4.78, 5) is 0. The zero-order valence-electron chi connectivity index (χ0n) is 11.4. The maximum atomic E-state index is 6.18. The zero-order chi connectivity index (χ0) is 13.7. The summed E-state index contributed by atoms with van der Waals surface area (Å²) in [5.74, 6) is 1.12. The van der Waals surface area contributed by atoms with Crippen molar-refractivity contribution in [1.29, 1.82) is 0 Å². The van der Waals surface area contributed by atoms with E-state index in [9.17, 15) is 0 Å². The molecule has 1 aromatic rings. The van der Waals surface area contributed by atoms with Crippen molar-refractivity contribution in [2.24, 2.45) is 0 Å². The quantitative estimate of drug-likeness (QED) is 0.802. The largest absolute Gasteiger partial charge is 0.497 e. The fraction of sp³-hybridized carbons (Fsp3) is 0.571. The van der Waals surface area contributed by atoms with Crippen LogP contribution in [0.5, 0.6) is 11.5 Å². The first-order valence-electron chi connectivity index (χ1n) is 6.66. The Labute approximate surface area is 119 Å². The van der Waals surface area contributed by atoms with E-state index < -0.39 is 5.79 Å². The highest BCUT2D eigenvalue weighted by Gasteiger charge is 2.56. The van der Waals surface area contributed by atoms with Crippen molar-refractivity contribution in [3.05, 3.63) is 23.8 Å². The molecule has 20 heavy (non-hydrogen) atoms. The molecule has 0 saturated carbocycles. The van der Waals surface area contributed by atoms with Gasteiger partial charge >= 0.3 is 0 Å². The van der Waals surface area contributed by atoms with Crippen molar-refractivity contribution in [3.8, 4) is 11.5 Å². The number of rotatable bonds is 3. The lowest BCUT2D eigenvalue weighted by Crippen LogP contribution is -2.56. The molecule has 5 nitrogen and oxygen atoms in total. The molecule has 0 spiro atoms. The molecule has 4 unspecified atom stereocenters. The molecule has 1 aromatic carbocycles. The highest BCUT2D eigenvalue weighted by atomic mass is 31.1. The topological polar surface area (TPSA) is 46.2 Å². The van der Waals surface area contributed by atoms with Crippen molar-refractivity contribution in [1.82, 2.24) is 0 Å². The number of methoxy groups -OCH3 is 2. The Hall–Kier alpha value is -0.870. The zero-order valence-corrected chi connectivity index (χ0v) is 12.3. The molecule has 0 aliphatic carbocycles. The van der Waals surface area contributed by atoms with E-state index in [1.165, 1.54) is 8.58 Å². The van der Waals surface area contributed by atoms with Crippen LogP contribution in [0.25, 0.3) is 0 Å². The Bertz CT molecular complexity index is 497. The van der Waals surface area contributed by atoms with Crippen molar-refractivity contribution < 1.29 is 23.7 Å². The van der Waals surface area contributed by atoms with Gasteiger partial charge in [0.2, 0.25) is 5.79 Å². The molecule has 107 valence electrons. The highest BCUT2D eigenvalue weighted by molar-refractivity contribution is 7.39. The minimum atomic E-state index is -0.737. The average Bonchev–Trinajstić information content (AvgIpc) is 2.45. The van der Waals surface area contributed by atoms with E-state index in [2.05, 4.69) is 0 Å². The lowest BCUT2D eigenvalue weighted by atomic mass is 9.98. The Kier molecular flexibility index (Phi) is 2.93.